The Bertz CT molecular complexity index is 1000. The first kappa shape index (κ1) is 22.6. The molecular formula is C29H32N2O3. The van der Waals surface area contributed by atoms with E-state index in [9.17, 15) is 4.79 Å². The molecule has 34 heavy (non-hydrogen) atoms. The third-order valence-electron chi connectivity index (χ3n) is 6.76. The molecule has 0 N–H and O–H groups in total. The topological polar surface area (TPSA) is 42.0 Å². The SMILES string of the molecule is O=C(c1ccc(OCC2CCCO2)cc1)N1CCN(C(c2ccccc2)c2ccccc2)CC1. The highest BCUT2D eigenvalue weighted by Crippen LogP contribution is 2.29. The highest BCUT2D eigenvalue weighted by atomic mass is 16.5. The van der Waals surface area contributed by atoms with E-state index in [-0.39, 0.29) is 18.1 Å². The van der Waals surface area contributed by atoms with Gasteiger partial charge in [0.1, 0.15) is 12.4 Å². The fraction of sp³-hybridized carbons (Fsp3) is 0.345. The molecule has 2 fully saturated rings. The van der Waals surface area contributed by atoms with E-state index >= 15 is 0 Å². The minimum absolute atomic E-state index is 0.0845. The molecule has 5 rings (SSSR count). The molecule has 176 valence electrons. The lowest BCUT2D eigenvalue weighted by atomic mass is 9.96. The van der Waals surface area contributed by atoms with Crippen LogP contribution in [-0.4, -0.2) is 61.2 Å². The van der Waals surface area contributed by atoms with Crippen LogP contribution in [0.5, 0.6) is 5.75 Å². The summed E-state index contributed by atoms with van der Waals surface area (Å²) in [6.07, 6.45) is 2.35. The van der Waals surface area contributed by atoms with Crippen LogP contribution in [0.25, 0.3) is 0 Å². The van der Waals surface area contributed by atoms with Crippen LogP contribution in [0.4, 0.5) is 0 Å². The van der Waals surface area contributed by atoms with E-state index in [0.29, 0.717) is 25.3 Å². The molecule has 5 heteroatoms. The maximum Gasteiger partial charge on any atom is 0.253 e. The van der Waals surface area contributed by atoms with Crippen LogP contribution in [-0.2, 0) is 4.74 Å². The molecule has 2 aliphatic rings. The van der Waals surface area contributed by atoms with Crippen molar-refractivity contribution in [1.82, 2.24) is 9.80 Å². The Morgan fingerprint density at radius 2 is 1.47 bits per heavy atom. The first-order valence-corrected chi connectivity index (χ1v) is 12.3. The van der Waals surface area contributed by atoms with Gasteiger partial charge in [0.05, 0.1) is 12.1 Å². The van der Waals surface area contributed by atoms with Crippen LogP contribution >= 0.6 is 0 Å². The largest absolute Gasteiger partial charge is 0.491 e. The maximum atomic E-state index is 13.1. The smallest absolute Gasteiger partial charge is 0.253 e. The number of piperazine rings is 1. The Balaban J connectivity index is 1.20. The van der Waals surface area contributed by atoms with Gasteiger partial charge < -0.3 is 14.4 Å². The van der Waals surface area contributed by atoms with Gasteiger partial charge in [-0.05, 0) is 48.2 Å². The second-order valence-electron chi connectivity index (χ2n) is 9.02. The zero-order chi connectivity index (χ0) is 23.2. The lowest BCUT2D eigenvalue weighted by Crippen LogP contribution is -2.49. The number of nitrogens with zero attached hydrogens (tertiary/aromatic N) is 2. The van der Waals surface area contributed by atoms with Gasteiger partial charge in [0, 0.05) is 38.3 Å². The van der Waals surface area contributed by atoms with Crippen molar-refractivity contribution < 1.29 is 14.3 Å². The molecule has 0 aliphatic carbocycles. The molecule has 2 aliphatic heterocycles. The van der Waals surface area contributed by atoms with Gasteiger partial charge in [-0.3, -0.25) is 9.69 Å². The highest BCUT2D eigenvalue weighted by molar-refractivity contribution is 5.94. The molecule has 0 radical (unpaired) electrons. The average molecular weight is 457 g/mol. The van der Waals surface area contributed by atoms with Gasteiger partial charge in [-0.1, -0.05) is 60.7 Å². The summed E-state index contributed by atoms with van der Waals surface area (Å²) in [4.78, 5) is 17.6. The van der Waals surface area contributed by atoms with Crippen LogP contribution < -0.4 is 4.74 Å². The number of hydrogen-bond acceptors (Lipinski definition) is 4. The molecule has 2 heterocycles. The van der Waals surface area contributed by atoms with Crippen LogP contribution in [0.15, 0.2) is 84.9 Å². The van der Waals surface area contributed by atoms with Crippen molar-refractivity contribution >= 4 is 5.91 Å². The standard InChI is InChI=1S/C29H32N2O3/c32-29(25-13-15-26(16-14-25)34-22-27-12-7-21-33-27)31-19-17-30(18-20-31)28(23-8-3-1-4-9-23)24-10-5-2-6-11-24/h1-6,8-11,13-16,27-28H,7,12,17-22H2. The third-order valence-corrected chi connectivity index (χ3v) is 6.76. The summed E-state index contributed by atoms with van der Waals surface area (Å²) in [6.45, 7) is 4.50. The second-order valence-corrected chi connectivity index (χ2v) is 9.02. The molecule has 5 nitrogen and oxygen atoms in total. The molecular weight excluding hydrogens is 424 g/mol. The lowest BCUT2D eigenvalue weighted by molar-refractivity contribution is 0.0596. The summed E-state index contributed by atoms with van der Waals surface area (Å²) in [7, 11) is 0. The first-order chi connectivity index (χ1) is 16.8. The first-order valence-electron chi connectivity index (χ1n) is 12.3. The van der Waals surface area contributed by atoms with Crippen molar-refractivity contribution in [3.8, 4) is 5.75 Å². The van der Waals surface area contributed by atoms with Gasteiger partial charge >= 0.3 is 0 Å². The molecule has 0 spiro atoms. The Kier molecular flexibility index (Phi) is 7.22. The minimum Gasteiger partial charge on any atom is -0.491 e. The zero-order valence-electron chi connectivity index (χ0n) is 19.5. The van der Waals surface area contributed by atoms with Gasteiger partial charge in [0.25, 0.3) is 5.91 Å². The molecule has 1 atom stereocenters. The van der Waals surface area contributed by atoms with Gasteiger partial charge in [-0.2, -0.15) is 0 Å². The Hall–Kier alpha value is -3.15. The second kappa shape index (κ2) is 10.9. The number of ether oxygens (including phenoxy) is 2. The Labute approximate surface area is 201 Å². The fourth-order valence-electron chi connectivity index (χ4n) is 4.91. The summed E-state index contributed by atoms with van der Waals surface area (Å²) in [6, 6.07) is 29.0. The van der Waals surface area contributed by atoms with Crippen LogP contribution in [0.2, 0.25) is 0 Å². The van der Waals surface area contributed by atoms with Gasteiger partial charge in [0.15, 0.2) is 0 Å². The summed E-state index contributed by atoms with van der Waals surface area (Å²) in [5.41, 5.74) is 3.28. The monoisotopic (exact) mass is 456 g/mol. The summed E-state index contributed by atoms with van der Waals surface area (Å²) >= 11 is 0. The molecule has 3 aromatic rings. The van der Waals surface area contributed by atoms with Crippen LogP contribution in [0, 0.1) is 0 Å². The third kappa shape index (κ3) is 5.32. The van der Waals surface area contributed by atoms with Crippen molar-refractivity contribution in [3.63, 3.8) is 0 Å². The number of carbonyl (C=O) groups excluding carboxylic acids is 1. The van der Waals surface area contributed by atoms with Crippen molar-refractivity contribution in [2.45, 2.75) is 25.0 Å². The van der Waals surface area contributed by atoms with E-state index in [1.807, 2.05) is 29.2 Å². The number of rotatable bonds is 7. The highest BCUT2D eigenvalue weighted by Gasteiger charge is 2.28. The minimum atomic E-state index is 0.0845. The molecule has 3 aromatic carbocycles. The molecule has 1 unspecified atom stereocenters. The van der Waals surface area contributed by atoms with E-state index in [1.165, 1.54) is 11.1 Å². The number of hydrogen-bond donors (Lipinski definition) is 0. The molecule has 0 bridgehead atoms. The van der Waals surface area contributed by atoms with E-state index in [2.05, 4.69) is 65.6 Å². The van der Waals surface area contributed by atoms with E-state index in [1.54, 1.807) is 0 Å². The number of benzene rings is 3. The fourth-order valence-corrected chi connectivity index (χ4v) is 4.91. The van der Waals surface area contributed by atoms with Gasteiger partial charge in [-0.25, -0.2) is 0 Å². The zero-order valence-corrected chi connectivity index (χ0v) is 19.5. The van der Waals surface area contributed by atoms with E-state index in [0.717, 1.165) is 38.3 Å². The van der Waals surface area contributed by atoms with E-state index < -0.39 is 0 Å². The quantitative estimate of drug-likeness (QED) is 0.513. The van der Waals surface area contributed by atoms with Crippen molar-refractivity contribution in [2.24, 2.45) is 0 Å². The van der Waals surface area contributed by atoms with Crippen LogP contribution in [0.3, 0.4) is 0 Å². The molecule has 0 aromatic heterocycles. The summed E-state index contributed by atoms with van der Waals surface area (Å²) in [5.74, 6) is 0.867. The van der Waals surface area contributed by atoms with E-state index in [4.69, 9.17) is 9.47 Å². The van der Waals surface area contributed by atoms with Crippen LogP contribution in [0.1, 0.15) is 40.4 Å². The molecule has 1 amide bonds. The van der Waals surface area contributed by atoms with Gasteiger partial charge in [-0.15, -0.1) is 0 Å². The molecule has 0 saturated carbocycles. The summed E-state index contributed by atoms with van der Waals surface area (Å²) in [5, 5.41) is 0. The predicted octanol–water partition coefficient (Wildman–Crippen LogP) is 4.79. The average Bonchev–Trinajstić information content (AvgIpc) is 3.43. The summed E-state index contributed by atoms with van der Waals surface area (Å²) < 4.78 is 11.4. The maximum absolute atomic E-state index is 13.1. The Morgan fingerprint density at radius 3 is 2.03 bits per heavy atom. The van der Waals surface area contributed by atoms with Crippen molar-refractivity contribution in [2.75, 3.05) is 39.4 Å². The Morgan fingerprint density at radius 1 is 0.853 bits per heavy atom. The van der Waals surface area contributed by atoms with Gasteiger partial charge in [0.2, 0.25) is 0 Å². The predicted molar refractivity (Wildman–Crippen MR) is 133 cm³/mol. The number of amides is 1. The van der Waals surface area contributed by atoms with Crippen molar-refractivity contribution in [3.05, 3.63) is 102 Å². The number of carbonyl (C=O) groups is 1. The molecule has 2 saturated heterocycles. The lowest BCUT2D eigenvalue weighted by Gasteiger charge is -2.39. The normalized spacial score (nSPS) is 18.9. The van der Waals surface area contributed by atoms with Crippen molar-refractivity contribution in [1.29, 1.82) is 0 Å².